The van der Waals surface area contributed by atoms with Crippen LogP contribution in [0.2, 0.25) is 0 Å². The fourth-order valence-electron chi connectivity index (χ4n) is 4.64. The fraction of sp³-hybridized carbons (Fsp3) is 0.440. The molecule has 1 aliphatic rings. The van der Waals surface area contributed by atoms with Crippen molar-refractivity contribution in [1.82, 2.24) is 19.7 Å². The van der Waals surface area contributed by atoms with Crippen molar-refractivity contribution in [2.24, 2.45) is 11.8 Å². The standard InChI is InChI=1S/C25H26F4N4O4S/c1-15(21-9-10-22(21)38(35,36)20-7-4-17(26)5-8-20)3-6-19(34)11-16-14-33(32-23(16)37-2)18-12-30-24(31-13-18)25(27,28)29/h4-5,7-8,12-15,21-22H,3,6,9-11H2,1-2H3/t15?,21-,22-/m0/s1. The number of benzene rings is 1. The molecule has 3 aromatic rings. The number of hydrogen-bond acceptors (Lipinski definition) is 7. The number of nitrogens with zero attached hydrogens (tertiary/aromatic N) is 4. The Morgan fingerprint density at radius 3 is 2.37 bits per heavy atom. The summed E-state index contributed by atoms with van der Waals surface area (Å²) in [5, 5.41) is 3.58. The molecular weight excluding hydrogens is 528 g/mol. The van der Waals surface area contributed by atoms with Gasteiger partial charge in [0.1, 0.15) is 17.3 Å². The van der Waals surface area contributed by atoms with Gasteiger partial charge in [-0.05, 0) is 55.4 Å². The number of methoxy groups -OCH3 is 1. The molecule has 0 N–H and O–H groups in total. The van der Waals surface area contributed by atoms with Crippen LogP contribution in [0.4, 0.5) is 17.6 Å². The van der Waals surface area contributed by atoms with Gasteiger partial charge in [-0.1, -0.05) is 6.92 Å². The zero-order valence-corrected chi connectivity index (χ0v) is 21.5. The first-order valence-electron chi connectivity index (χ1n) is 11.9. The Morgan fingerprint density at radius 2 is 1.82 bits per heavy atom. The van der Waals surface area contributed by atoms with Crippen molar-refractivity contribution < 1.29 is 35.5 Å². The summed E-state index contributed by atoms with van der Waals surface area (Å²) >= 11 is 0. The average molecular weight is 555 g/mol. The predicted molar refractivity (Wildman–Crippen MR) is 128 cm³/mol. The number of Topliss-reactive ketones (excluding diaryl/α,β-unsaturated/α-hetero) is 1. The first-order valence-corrected chi connectivity index (χ1v) is 13.5. The minimum Gasteiger partial charge on any atom is -0.480 e. The number of halogens is 4. The highest BCUT2D eigenvalue weighted by Crippen LogP contribution is 2.42. The smallest absolute Gasteiger partial charge is 0.451 e. The van der Waals surface area contributed by atoms with E-state index in [4.69, 9.17) is 4.74 Å². The van der Waals surface area contributed by atoms with E-state index in [1.54, 1.807) is 0 Å². The number of alkyl halides is 3. The monoisotopic (exact) mass is 554 g/mol. The van der Waals surface area contributed by atoms with Gasteiger partial charge in [0.2, 0.25) is 11.7 Å². The second-order valence-corrected chi connectivity index (χ2v) is 11.5. The quantitative estimate of drug-likeness (QED) is 0.266. The molecule has 0 saturated heterocycles. The van der Waals surface area contributed by atoms with Crippen molar-refractivity contribution in [3.05, 3.63) is 60.1 Å². The molecule has 1 unspecified atom stereocenters. The Bertz CT molecular complexity index is 1390. The van der Waals surface area contributed by atoms with Crippen LogP contribution < -0.4 is 4.74 Å². The minimum atomic E-state index is -4.67. The summed E-state index contributed by atoms with van der Waals surface area (Å²) in [7, 11) is -2.23. The van der Waals surface area contributed by atoms with Crippen LogP contribution in [0.1, 0.15) is 44.0 Å². The predicted octanol–water partition coefficient (Wildman–Crippen LogP) is 4.61. The van der Waals surface area contributed by atoms with Gasteiger partial charge in [0.25, 0.3) is 0 Å². The topological polar surface area (TPSA) is 104 Å². The van der Waals surface area contributed by atoms with Gasteiger partial charge in [-0.25, -0.2) is 27.5 Å². The van der Waals surface area contributed by atoms with Gasteiger partial charge in [-0.15, -0.1) is 5.10 Å². The minimum absolute atomic E-state index is 0.0145. The average Bonchev–Trinajstić information content (AvgIpc) is 3.24. The van der Waals surface area contributed by atoms with Crippen molar-refractivity contribution in [2.75, 3.05) is 7.11 Å². The summed E-state index contributed by atoms with van der Waals surface area (Å²) in [6.45, 7) is 1.92. The summed E-state index contributed by atoms with van der Waals surface area (Å²) in [6, 6.07) is 4.81. The molecule has 2 aromatic heterocycles. The van der Waals surface area contributed by atoms with Crippen LogP contribution in [0.5, 0.6) is 5.88 Å². The summed E-state index contributed by atoms with van der Waals surface area (Å²) < 4.78 is 83.8. The van der Waals surface area contributed by atoms with Crippen LogP contribution in [-0.4, -0.2) is 46.3 Å². The molecule has 1 fully saturated rings. The molecule has 3 atom stereocenters. The number of hydrogen-bond donors (Lipinski definition) is 0. The second kappa shape index (κ2) is 10.8. The highest BCUT2D eigenvalue weighted by Gasteiger charge is 2.44. The Kier molecular flexibility index (Phi) is 7.86. The normalized spacial score (nSPS) is 18.6. The van der Waals surface area contributed by atoms with E-state index >= 15 is 0 Å². The third-order valence-corrected chi connectivity index (χ3v) is 9.21. The lowest BCUT2D eigenvalue weighted by molar-refractivity contribution is -0.145. The number of aromatic nitrogens is 4. The molecular formula is C25H26F4N4O4S. The third kappa shape index (κ3) is 5.87. The van der Waals surface area contributed by atoms with E-state index in [0.29, 0.717) is 18.4 Å². The maximum atomic E-state index is 13.2. The third-order valence-electron chi connectivity index (χ3n) is 6.90. The highest BCUT2D eigenvalue weighted by atomic mass is 32.2. The molecule has 1 aliphatic carbocycles. The number of ether oxygens (including phenoxy) is 1. The summed E-state index contributed by atoms with van der Waals surface area (Å²) in [6.07, 6.45) is 0.696. The van der Waals surface area contributed by atoms with Crippen molar-refractivity contribution in [3.8, 4) is 11.6 Å². The number of carbonyl (C=O) groups excluding carboxylic acids is 1. The van der Waals surface area contributed by atoms with Crippen molar-refractivity contribution >= 4 is 15.6 Å². The number of sulfone groups is 1. The lowest BCUT2D eigenvalue weighted by atomic mass is 9.74. The van der Waals surface area contributed by atoms with Crippen LogP contribution in [0, 0.1) is 17.7 Å². The Morgan fingerprint density at radius 1 is 1.16 bits per heavy atom. The molecule has 0 spiro atoms. The van der Waals surface area contributed by atoms with E-state index < -0.39 is 32.9 Å². The summed E-state index contributed by atoms with van der Waals surface area (Å²) in [4.78, 5) is 19.5. The summed E-state index contributed by atoms with van der Waals surface area (Å²) in [5.74, 6) is -1.87. The molecule has 13 heteroatoms. The first-order chi connectivity index (χ1) is 17.9. The molecule has 38 heavy (non-hydrogen) atoms. The van der Waals surface area contributed by atoms with Gasteiger partial charge in [0.15, 0.2) is 9.84 Å². The zero-order chi connectivity index (χ0) is 27.7. The van der Waals surface area contributed by atoms with Crippen LogP contribution >= 0.6 is 0 Å². The van der Waals surface area contributed by atoms with E-state index in [1.807, 2.05) is 6.92 Å². The Hall–Kier alpha value is -3.35. The zero-order valence-electron chi connectivity index (χ0n) is 20.7. The fourth-order valence-corrected chi connectivity index (χ4v) is 6.82. The molecule has 2 heterocycles. The van der Waals surface area contributed by atoms with E-state index in [9.17, 15) is 30.8 Å². The van der Waals surface area contributed by atoms with E-state index in [2.05, 4.69) is 15.1 Å². The maximum absolute atomic E-state index is 13.2. The molecule has 8 nitrogen and oxygen atoms in total. The van der Waals surface area contributed by atoms with Gasteiger partial charge in [0.05, 0.1) is 29.6 Å². The summed E-state index contributed by atoms with van der Waals surface area (Å²) in [5.41, 5.74) is 0.618. The molecule has 0 bridgehead atoms. The van der Waals surface area contributed by atoms with Gasteiger partial charge in [-0.3, -0.25) is 4.79 Å². The van der Waals surface area contributed by atoms with Crippen LogP contribution in [0.3, 0.4) is 0 Å². The number of ketones is 1. The lowest BCUT2D eigenvalue weighted by Crippen LogP contribution is -2.42. The first kappa shape index (κ1) is 27.7. The molecule has 4 rings (SSSR count). The van der Waals surface area contributed by atoms with Crippen molar-refractivity contribution in [2.45, 2.75) is 55.3 Å². The van der Waals surface area contributed by atoms with Gasteiger partial charge >= 0.3 is 6.18 Å². The Balaban J connectivity index is 1.36. The van der Waals surface area contributed by atoms with E-state index in [1.165, 1.54) is 30.1 Å². The largest absolute Gasteiger partial charge is 0.480 e. The van der Waals surface area contributed by atoms with Gasteiger partial charge < -0.3 is 4.74 Å². The van der Waals surface area contributed by atoms with Crippen molar-refractivity contribution in [1.29, 1.82) is 0 Å². The van der Waals surface area contributed by atoms with Gasteiger partial charge in [0, 0.05) is 24.6 Å². The molecule has 204 valence electrons. The van der Waals surface area contributed by atoms with E-state index in [0.717, 1.165) is 30.9 Å². The van der Waals surface area contributed by atoms with Crippen LogP contribution in [0.15, 0.2) is 47.8 Å². The number of rotatable bonds is 10. The van der Waals surface area contributed by atoms with Gasteiger partial charge in [-0.2, -0.15) is 13.2 Å². The SMILES string of the molecule is COc1nn(-c2cnc(C(F)(F)F)nc2)cc1CC(=O)CCC(C)[C@@H]1CC[C@@H]1S(=O)(=O)c1ccc(F)cc1. The highest BCUT2D eigenvalue weighted by molar-refractivity contribution is 7.92. The molecule has 1 aromatic carbocycles. The molecule has 0 amide bonds. The Labute approximate surface area is 217 Å². The van der Waals surface area contributed by atoms with Crippen LogP contribution in [-0.2, 0) is 27.2 Å². The molecule has 1 saturated carbocycles. The van der Waals surface area contributed by atoms with Crippen LogP contribution in [0.25, 0.3) is 5.69 Å². The van der Waals surface area contributed by atoms with Crippen molar-refractivity contribution in [3.63, 3.8) is 0 Å². The van der Waals surface area contributed by atoms with E-state index in [-0.39, 0.29) is 46.9 Å². The molecule has 0 aliphatic heterocycles. The molecule has 0 radical (unpaired) electrons. The number of carbonyl (C=O) groups is 1. The maximum Gasteiger partial charge on any atom is 0.451 e. The second-order valence-electron chi connectivity index (χ2n) is 9.38. The lowest BCUT2D eigenvalue weighted by Gasteiger charge is -2.40.